The smallest absolute Gasteiger partial charge is 0.411 e. The molecule has 2 amide bonds. The zero-order valence-corrected chi connectivity index (χ0v) is 30.3. The number of carbonyl (C=O) groups is 3. The van der Waals surface area contributed by atoms with Crippen LogP contribution in [0.15, 0.2) is 54.6 Å². The number of nitrogens with zero attached hydrogens (tertiary/aromatic N) is 4. The number of hydrogen-bond acceptors (Lipinski definition) is 8. The maximum atomic E-state index is 14.2. The van der Waals surface area contributed by atoms with E-state index in [1.165, 1.54) is 24.3 Å². The molecule has 0 saturated heterocycles. The zero-order valence-electron chi connectivity index (χ0n) is 30.3. The van der Waals surface area contributed by atoms with E-state index < -0.39 is 35.6 Å². The quantitative estimate of drug-likeness (QED) is 0.0768. The second-order valence-corrected chi connectivity index (χ2v) is 14.2. The van der Waals surface area contributed by atoms with Crippen molar-refractivity contribution < 1.29 is 37.1 Å². The molecule has 0 bridgehead atoms. The van der Waals surface area contributed by atoms with Crippen molar-refractivity contribution in [3.63, 3.8) is 0 Å². The summed E-state index contributed by atoms with van der Waals surface area (Å²) in [4.78, 5) is 52.5. The van der Waals surface area contributed by atoms with Gasteiger partial charge in [-0.05, 0) is 86.5 Å². The number of benzene rings is 2. The lowest BCUT2D eigenvalue weighted by Crippen LogP contribution is -2.48. The van der Waals surface area contributed by atoms with E-state index in [4.69, 9.17) is 10.8 Å². The fourth-order valence-electron chi connectivity index (χ4n) is 6.59. The number of alkyl halides is 4. The summed E-state index contributed by atoms with van der Waals surface area (Å²) >= 11 is 0. The number of H-pyrrole nitrogens is 2. The number of halogens is 4. The maximum absolute atomic E-state index is 14.2. The minimum absolute atomic E-state index is 0.140. The van der Waals surface area contributed by atoms with E-state index in [1.54, 1.807) is 0 Å². The Morgan fingerprint density at radius 1 is 0.927 bits per heavy atom. The van der Waals surface area contributed by atoms with Crippen LogP contribution in [-0.2, 0) is 26.7 Å². The van der Waals surface area contributed by atoms with Gasteiger partial charge in [0.05, 0.1) is 5.52 Å². The van der Waals surface area contributed by atoms with Gasteiger partial charge in [-0.15, -0.1) is 10.2 Å². The number of amides is 2. The first-order chi connectivity index (χ1) is 26.1. The molecule has 290 valence electrons. The van der Waals surface area contributed by atoms with Crippen LogP contribution in [0, 0.1) is 18.8 Å². The zero-order chi connectivity index (χ0) is 39.7. The lowest BCUT2D eigenvalue weighted by atomic mass is 9.81. The first-order valence-electron chi connectivity index (χ1n) is 17.9. The van der Waals surface area contributed by atoms with Crippen molar-refractivity contribution >= 4 is 34.6 Å². The summed E-state index contributed by atoms with van der Waals surface area (Å²) in [5.41, 5.74) is 11.2. The monoisotopic (exact) mass is 763 g/mol. The topological polar surface area (TPSA) is 205 Å². The molecule has 17 heteroatoms. The number of nitrogens with two attached hydrogens (primary N) is 1. The van der Waals surface area contributed by atoms with E-state index in [-0.39, 0.29) is 41.2 Å². The van der Waals surface area contributed by atoms with Crippen LogP contribution in [0.1, 0.15) is 68.4 Å². The number of aryl methyl sites for hydroxylation is 1. The number of carbonyl (C=O) groups excluding carboxylic acids is 2. The van der Waals surface area contributed by atoms with Gasteiger partial charge in [0.1, 0.15) is 11.9 Å². The summed E-state index contributed by atoms with van der Waals surface area (Å²) in [6, 6.07) is 14.3. The van der Waals surface area contributed by atoms with Gasteiger partial charge in [0.25, 0.3) is 0 Å². The minimum atomic E-state index is -5.43. The number of fused-ring (bicyclic) bond motifs is 1. The summed E-state index contributed by atoms with van der Waals surface area (Å²) < 4.78 is 55.8. The van der Waals surface area contributed by atoms with Crippen molar-refractivity contribution in [1.82, 2.24) is 35.5 Å². The van der Waals surface area contributed by atoms with Gasteiger partial charge in [0, 0.05) is 40.8 Å². The molecule has 3 heterocycles. The van der Waals surface area contributed by atoms with Crippen LogP contribution in [0.25, 0.3) is 33.7 Å². The number of aromatic amines is 2. The Bertz CT molecular complexity index is 2180. The first-order valence-corrected chi connectivity index (χ1v) is 17.9. The average molecular weight is 764 g/mol. The van der Waals surface area contributed by atoms with Crippen molar-refractivity contribution in [1.29, 1.82) is 0 Å². The molecular weight excluding hydrogens is 722 g/mol. The molecular formula is C38H41F4N9O4. The normalized spacial score (nSPS) is 17.0. The third kappa shape index (κ3) is 8.21. The average Bonchev–Trinajstić information content (AvgIpc) is 3.83. The predicted molar refractivity (Wildman–Crippen MR) is 195 cm³/mol. The number of pyridine rings is 1. The summed E-state index contributed by atoms with van der Waals surface area (Å²) in [6.07, 6.45) is 3.13. The second kappa shape index (κ2) is 15.6. The third-order valence-electron chi connectivity index (χ3n) is 9.99. The van der Waals surface area contributed by atoms with Gasteiger partial charge in [-0.2, -0.15) is 17.6 Å². The molecule has 5 aromatic rings. The Balaban J connectivity index is 1.19. The standard InChI is InChI=1S/C38H41F4N9O4/c1-19(2)30-46-28-17-27(20(3)44-32(28)48-30)23-8-4-21(5-9-23)16-29(47-33(52)25-10-6-22(18-43)7-11-25)34(53)45-26-14-12-24(13-15-26)31-49-35(51-50-31)37(39,40)38(41,42)36(54)55/h4-5,8-9,12-15,17,19,22,25,29H,6-7,10-11,16,18,43H2,1-3H3,(H,45,53)(H,47,52)(H,54,55)(H,44,46,48)(H,49,50,51)/t22-,25-,29-/m0/s1. The molecule has 0 unspecified atom stereocenters. The molecule has 55 heavy (non-hydrogen) atoms. The van der Waals surface area contributed by atoms with Gasteiger partial charge < -0.3 is 31.4 Å². The molecule has 1 fully saturated rings. The summed E-state index contributed by atoms with van der Waals surface area (Å²) in [5, 5.41) is 20.8. The highest BCUT2D eigenvalue weighted by atomic mass is 19.3. The highest BCUT2D eigenvalue weighted by molar-refractivity contribution is 5.98. The predicted octanol–water partition coefficient (Wildman–Crippen LogP) is 6.08. The Labute approximate surface area is 312 Å². The summed E-state index contributed by atoms with van der Waals surface area (Å²) in [6.45, 7) is 6.58. The number of carboxylic acid groups (broad SMARTS) is 1. The van der Waals surface area contributed by atoms with E-state index in [9.17, 15) is 31.9 Å². The molecule has 1 aliphatic rings. The fraction of sp³-hybridized carbons (Fsp3) is 0.395. The van der Waals surface area contributed by atoms with Crippen LogP contribution in [0.3, 0.4) is 0 Å². The minimum Gasteiger partial charge on any atom is -0.477 e. The molecule has 7 N–H and O–H groups in total. The van der Waals surface area contributed by atoms with Crippen molar-refractivity contribution in [2.75, 3.05) is 11.9 Å². The molecule has 1 saturated carbocycles. The van der Waals surface area contributed by atoms with Crippen molar-refractivity contribution in [3.8, 4) is 22.5 Å². The maximum Gasteiger partial charge on any atom is 0.411 e. The van der Waals surface area contributed by atoms with Crippen LogP contribution < -0.4 is 16.4 Å². The number of rotatable bonds is 13. The van der Waals surface area contributed by atoms with Gasteiger partial charge >= 0.3 is 17.8 Å². The SMILES string of the molecule is Cc1nc2nc(C(C)C)[nH]c2cc1-c1ccc(C[C@H](NC(=O)[C@H]2CC[C@H](CN)CC2)C(=O)Nc2ccc(-c3nnc(C(F)(F)C(F)(F)C(=O)O)[nH]3)cc2)cc1. The molecule has 1 atom stereocenters. The van der Waals surface area contributed by atoms with Crippen molar-refractivity contribution in [3.05, 3.63) is 77.5 Å². The van der Waals surface area contributed by atoms with Gasteiger partial charge in [-0.3, -0.25) is 9.59 Å². The highest BCUT2D eigenvalue weighted by Crippen LogP contribution is 2.42. The van der Waals surface area contributed by atoms with E-state index in [1.807, 2.05) is 42.2 Å². The van der Waals surface area contributed by atoms with Gasteiger partial charge in [-0.1, -0.05) is 38.1 Å². The van der Waals surface area contributed by atoms with Crippen LogP contribution in [-0.4, -0.2) is 71.5 Å². The largest absolute Gasteiger partial charge is 0.477 e. The van der Waals surface area contributed by atoms with E-state index >= 15 is 0 Å². The first kappa shape index (κ1) is 39.0. The van der Waals surface area contributed by atoms with E-state index in [0.717, 1.165) is 46.6 Å². The van der Waals surface area contributed by atoms with Gasteiger partial charge in [0.2, 0.25) is 17.6 Å². The number of imidazole rings is 1. The van der Waals surface area contributed by atoms with Crippen molar-refractivity contribution in [2.45, 2.75) is 76.7 Å². The molecule has 13 nitrogen and oxygen atoms in total. The number of carboxylic acids is 1. The lowest BCUT2D eigenvalue weighted by Gasteiger charge is -2.28. The van der Waals surface area contributed by atoms with Crippen molar-refractivity contribution in [2.24, 2.45) is 17.6 Å². The highest BCUT2D eigenvalue weighted by Gasteiger charge is 2.65. The number of aromatic nitrogens is 6. The second-order valence-electron chi connectivity index (χ2n) is 14.2. The van der Waals surface area contributed by atoms with Crippen LogP contribution in [0.4, 0.5) is 23.2 Å². The molecule has 3 aromatic heterocycles. The number of anilines is 1. The van der Waals surface area contributed by atoms with E-state index in [2.05, 4.69) is 49.6 Å². The summed E-state index contributed by atoms with van der Waals surface area (Å²) in [7, 11) is 0. The van der Waals surface area contributed by atoms with Crippen LogP contribution >= 0.6 is 0 Å². The fourth-order valence-corrected chi connectivity index (χ4v) is 6.59. The van der Waals surface area contributed by atoms with Crippen LogP contribution in [0.2, 0.25) is 0 Å². The van der Waals surface area contributed by atoms with E-state index in [0.29, 0.717) is 31.0 Å². The molecule has 2 aromatic carbocycles. The Hall–Kier alpha value is -5.71. The number of hydrogen-bond donors (Lipinski definition) is 6. The molecule has 1 aliphatic carbocycles. The molecule has 0 radical (unpaired) electrons. The number of nitrogens with one attached hydrogen (secondary N) is 4. The van der Waals surface area contributed by atoms with Crippen LogP contribution in [0.5, 0.6) is 0 Å². The lowest BCUT2D eigenvalue weighted by molar-refractivity contribution is -0.231. The molecule has 0 spiro atoms. The Morgan fingerprint density at radius 2 is 1.58 bits per heavy atom. The molecule has 6 rings (SSSR count). The third-order valence-corrected chi connectivity index (χ3v) is 9.99. The number of aliphatic carboxylic acids is 1. The van der Waals surface area contributed by atoms with Gasteiger partial charge in [0.15, 0.2) is 11.5 Å². The summed E-state index contributed by atoms with van der Waals surface area (Å²) in [5.74, 6) is -15.1. The Morgan fingerprint density at radius 3 is 2.20 bits per heavy atom. The van der Waals surface area contributed by atoms with Gasteiger partial charge in [-0.25, -0.2) is 14.8 Å². The molecule has 0 aliphatic heterocycles. The Kier molecular flexibility index (Phi) is 11.0.